The van der Waals surface area contributed by atoms with Crippen molar-refractivity contribution in [3.63, 3.8) is 0 Å². The van der Waals surface area contributed by atoms with Crippen LogP contribution in [0.25, 0.3) is 0 Å². The van der Waals surface area contributed by atoms with E-state index in [9.17, 15) is 0 Å². The summed E-state index contributed by atoms with van der Waals surface area (Å²) in [4.78, 5) is 0. The van der Waals surface area contributed by atoms with E-state index >= 15 is 0 Å². The Morgan fingerprint density at radius 1 is 1.38 bits per heavy atom. The van der Waals surface area contributed by atoms with Crippen LogP contribution in [-0.4, -0.2) is 23.6 Å². The van der Waals surface area contributed by atoms with Crippen LogP contribution in [0.4, 0.5) is 0 Å². The fraction of sp³-hybridized carbons (Fsp3) is 0.571. The lowest BCUT2D eigenvalue weighted by Gasteiger charge is -2.16. The van der Waals surface area contributed by atoms with E-state index < -0.39 is 0 Å². The van der Waals surface area contributed by atoms with Gasteiger partial charge in [0.2, 0.25) is 0 Å². The molecule has 2 rings (SSSR count). The summed E-state index contributed by atoms with van der Waals surface area (Å²) in [5.41, 5.74) is 1.43. The van der Waals surface area contributed by atoms with Crippen LogP contribution < -0.4 is 5.32 Å². The predicted molar refractivity (Wildman–Crippen MR) is 73.1 cm³/mol. The molecule has 1 fully saturated rings. The number of hydrogen-bond acceptors (Lipinski definition) is 2. The molecule has 0 aromatic heterocycles. The highest BCUT2D eigenvalue weighted by Gasteiger charge is 2.15. The zero-order valence-electron chi connectivity index (χ0n) is 9.99. The summed E-state index contributed by atoms with van der Waals surface area (Å²) in [5, 5.41) is 4.51. The Morgan fingerprint density at radius 2 is 2.19 bits per heavy atom. The molecule has 0 spiro atoms. The van der Waals surface area contributed by atoms with Gasteiger partial charge in [-0.2, -0.15) is 11.8 Å². The van der Waals surface area contributed by atoms with Crippen LogP contribution in [0, 0.1) is 0 Å². The highest BCUT2D eigenvalue weighted by molar-refractivity contribution is 8.00. The molecule has 16 heavy (non-hydrogen) atoms. The van der Waals surface area contributed by atoms with Crippen LogP contribution >= 0.6 is 11.8 Å². The van der Waals surface area contributed by atoms with Gasteiger partial charge in [0.15, 0.2) is 0 Å². The molecular formula is C14H21NS. The number of nitrogens with one attached hydrogen (secondary N) is 1. The number of thioether (sulfide) groups is 1. The second kappa shape index (κ2) is 6.31. The lowest BCUT2D eigenvalue weighted by atomic mass is 10.1. The molecule has 1 aliphatic heterocycles. The first-order valence-corrected chi connectivity index (χ1v) is 7.28. The quantitative estimate of drug-likeness (QED) is 0.841. The van der Waals surface area contributed by atoms with E-state index in [0.29, 0.717) is 6.04 Å². The fourth-order valence-electron chi connectivity index (χ4n) is 2.18. The summed E-state index contributed by atoms with van der Waals surface area (Å²) >= 11 is 2.13. The minimum atomic E-state index is 0.587. The molecule has 0 aliphatic carbocycles. The van der Waals surface area contributed by atoms with Gasteiger partial charge < -0.3 is 5.32 Å². The summed E-state index contributed by atoms with van der Waals surface area (Å²) in [6.45, 7) is 3.46. The molecule has 0 amide bonds. The van der Waals surface area contributed by atoms with Crippen molar-refractivity contribution in [2.75, 3.05) is 12.3 Å². The van der Waals surface area contributed by atoms with Gasteiger partial charge in [0.05, 0.1) is 0 Å². The topological polar surface area (TPSA) is 12.0 Å². The second-order valence-corrected chi connectivity index (χ2v) is 6.04. The Balaban J connectivity index is 1.69. The Hall–Kier alpha value is -0.470. The molecule has 1 N–H and O–H groups in total. The van der Waals surface area contributed by atoms with Crippen LogP contribution in [0.2, 0.25) is 0 Å². The Labute approximate surface area is 103 Å². The van der Waals surface area contributed by atoms with E-state index in [2.05, 4.69) is 54.3 Å². The lowest BCUT2D eigenvalue weighted by molar-refractivity contribution is 0.535. The van der Waals surface area contributed by atoms with Crippen molar-refractivity contribution in [3.8, 4) is 0 Å². The van der Waals surface area contributed by atoms with Gasteiger partial charge in [-0.1, -0.05) is 30.3 Å². The van der Waals surface area contributed by atoms with Crippen LogP contribution in [0.15, 0.2) is 30.3 Å². The minimum Gasteiger partial charge on any atom is -0.313 e. The van der Waals surface area contributed by atoms with Gasteiger partial charge in [-0.25, -0.2) is 0 Å². The van der Waals surface area contributed by atoms with Gasteiger partial charge in [0, 0.05) is 17.8 Å². The van der Waals surface area contributed by atoms with Gasteiger partial charge in [-0.3, -0.25) is 0 Å². The summed E-state index contributed by atoms with van der Waals surface area (Å²) in [7, 11) is 0. The van der Waals surface area contributed by atoms with Gasteiger partial charge in [-0.05, 0) is 37.5 Å². The van der Waals surface area contributed by atoms with E-state index in [-0.39, 0.29) is 0 Å². The molecule has 0 saturated carbocycles. The van der Waals surface area contributed by atoms with Crippen molar-refractivity contribution in [1.29, 1.82) is 0 Å². The van der Waals surface area contributed by atoms with Gasteiger partial charge in [-0.15, -0.1) is 0 Å². The number of hydrogen-bond donors (Lipinski definition) is 1. The molecule has 1 nitrogen and oxygen atoms in total. The molecule has 88 valence electrons. The molecule has 2 heteroatoms. The van der Waals surface area contributed by atoms with Crippen LogP contribution in [0.5, 0.6) is 0 Å². The van der Waals surface area contributed by atoms with E-state index in [1.54, 1.807) is 0 Å². The first kappa shape index (κ1) is 12.0. The third-order valence-corrected chi connectivity index (χ3v) is 4.50. The summed E-state index contributed by atoms with van der Waals surface area (Å²) in [6.07, 6.45) is 3.94. The summed E-state index contributed by atoms with van der Waals surface area (Å²) in [5.74, 6) is 1.36. The average molecular weight is 235 g/mol. The van der Waals surface area contributed by atoms with Crippen LogP contribution in [-0.2, 0) is 6.42 Å². The first-order valence-electron chi connectivity index (χ1n) is 6.23. The van der Waals surface area contributed by atoms with E-state index in [1.807, 2.05) is 0 Å². The Kier molecular flexibility index (Phi) is 4.73. The molecule has 0 bridgehead atoms. The van der Waals surface area contributed by atoms with Gasteiger partial charge in [0.1, 0.15) is 0 Å². The number of benzene rings is 1. The monoisotopic (exact) mass is 235 g/mol. The minimum absolute atomic E-state index is 0.587. The van der Waals surface area contributed by atoms with E-state index in [0.717, 1.165) is 11.7 Å². The third-order valence-electron chi connectivity index (χ3n) is 3.10. The average Bonchev–Trinajstić information content (AvgIpc) is 2.81. The molecule has 1 aromatic carbocycles. The maximum absolute atomic E-state index is 3.65. The van der Waals surface area contributed by atoms with Crippen LogP contribution in [0.1, 0.15) is 25.3 Å². The highest BCUT2D eigenvalue weighted by Crippen LogP contribution is 2.25. The maximum Gasteiger partial charge on any atom is 0.0172 e. The molecule has 2 atom stereocenters. The van der Waals surface area contributed by atoms with Gasteiger partial charge >= 0.3 is 0 Å². The van der Waals surface area contributed by atoms with Crippen molar-refractivity contribution < 1.29 is 0 Å². The molecule has 1 heterocycles. The van der Waals surface area contributed by atoms with E-state index in [4.69, 9.17) is 0 Å². The molecule has 1 saturated heterocycles. The molecule has 1 aromatic rings. The maximum atomic E-state index is 3.65. The van der Waals surface area contributed by atoms with Crippen molar-refractivity contribution in [2.45, 2.75) is 37.5 Å². The molecule has 0 radical (unpaired) electrons. The lowest BCUT2D eigenvalue weighted by Crippen LogP contribution is -2.33. The predicted octanol–water partition coefficient (Wildman–Crippen LogP) is 3.10. The summed E-state index contributed by atoms with van der Waals surface area (Å²) in [6, 6.07) is 11.3. The van der Waals surface area contributed by atoms with Gasteiger partial charge in [0.25, 0.3) is 0 Å². The second-order valence-electron chi connectivity index (χ2n) is 4.63. The third kappa shape index (κ3) is 3.84. The fourth-order valence-corrected chi connectivity index (χ4v) is 3.39. The summed E-state index contributed by atoms with van der Waals surface area (Å²) < 4.78 is 0. The zero-order valence-corrected chi connectivity index (χ0v) is 10.8. The van der Waals surface area contributed by atoms with Crippen molar-refractivity contribution in [3.05, 3.63) is 35.9 Å². The Morgan fingerprint density at radius 3 is 2.88 bits per heavy atom. The number of rotatable bonds is 5. The highest BCUT2D eigenvalue weighted by atomic mass is 32.2. The molecule has 2 unspecified atom stereocenters. The standard InChI is InChI=1S/C14H21NS/c1-12(10-13-6-3-2-4-7-13)15-11-14-8-5-9-16-14/h2-4,6-7,12,14-15H,5,8-11H2,1H3. The van der Waals surface area contributed by atoms with Crippen molar-refractivity contribution >= 4 is 11.8 Å². The molecular weight excluding hydrogens is 214 g/mol. The first-order chi connectivity index (χ1) is 7.84. The molecule has 1 aliphatic rings. The zero-order chi connectivity index (χ0) is 11.2. The smallest absolute Gasteiger partial charge is 0.0172 e. The largest absolute Gasteiger partial charge is 0.313 e. The normalized spacial score (nSPS) is 22.2. The van der Waals surface area contributed by atoms with E-state index in [1.165, 1.54) is 30.7 Å². The SMILES string of the molecule is CC(Cc1ccccc1)NCC1CCCS1. The van der Waals surface area contributed by atoms with Crippen molar-refractivity contribution in [1.82, 2.24) is 5.32 Å². The van der Waals surface area contributed by atoms with Crippen LogP contribution in [0.3, 0.4) is 0 Å². The van der Waals surface area contributed by atoms with Crippen molar-refractivity contribution in [2.24, 2.45) is 0 Å². The Bertz CT molecular complexity index is 293.